The average Bonchev–Trinajstić information content (AvgIpc) is 3.20. The van der Waals surface area contributed by atoms with Gasteiger partial charge in [-0.05, 0) is 47.1 Å². The smallest absolute Gasteiger partial charge is 0.262 e. The first kappa shape index (κ1) is 17.6. The Balaban J connectivity index is 1.47. The molecule has 8 heteroatoms. The third-order valence-electron chi connectivity index (χ3n) is 3.64. The normalized spacial score (nSPS) is 12.1. The van der Waals surface area contributed by atoms with Gasteiger partial charge in [-0.1, -0.05) is 12.1 Å². The summed E-state index contributed by atoms with van der Waals surface area (Å²) in [6.45, 7) is 2.11. The number of aromatic amines is 1. The molecule has 0 saturated carbocycles. The first-order chi connectivity index (χ1) is 12.0. The van der Waals surface area contributed by atoms with Crippen molar-refractivity contribution >= 4 is 50.1 Å². The van der Waals surface area contributed by atoms with Gasteiger partial charge in [0.05, 0.1) is 19.7 Å². The molecule has 6 nitrogen and oxygen atoms in total. The molecule has 3 N–H and O–H groups in total. The Labute approximate surface area is 157 Å². The third-order valence-corrected chi connectivity index (χ3v) is 5.26. The van der Waals surface area contributed by atoms with Crippen molar-refractivity contribution in [2.24, 2.45) is 0 Å². The highest BCUT2D eigenvalue weighted by molar-refractivity contribution is 9.11. The molecule has 0 saturated heterocycles. The van der Waals surface area contributed by atoms with Crippen LogP contribution in [-0.2, 0) is 11.2 Å². The number of imidazole rings is 1. The van der Waals surface area contributed by atoms with Gasteiger partial charge in [-0.2, -0.15) is 0 Å². The van der Waals surface area contributed by atoms with Gasteiger partial charge in [0.2, 0.25) is 5.91 Å². The van der Waals surface area contributed by atoms with Gasteiger partial charge in [-0.15, -0.1) is 11.3 Å². The van der Waals surface area contributed by atoms with E-state index in [0.717, 1.165) is 20.6 Å². The van der Waals surface area contributed by atoms with Crippen LogP contribution in [-0.4, -0.2) is 34.4 Å². The SMILES string of the molecule is CC(NC(=O)c1ccc(Br)s1)C(=O)NCCc1nc2ccccc2[nH]1. The maximum atomic E-state index is 12.1. The van der Waals surface area contributed by atoms with Crippen LogP contribution in [0.2, 0.25) is 0 Å². The molecule has 0 radical (unpaired) electrons. The zero-order valence-corrected chi connectivity index (χ0v) is 15.9. The van der Waals surface area contributed by atoms with Crippen LogP contribution in [0.1, 0.15) is 22.4 Å². The average molecular weight is 421 g/mol. The molecule has 0 aliphatic carbocycles. The van der Waals surface area contributed by atoms with E-state index in [0.29, 0.717) is 17.8 Å². The Hall–Kier alpha value is -2.19. The summed E-state index contributed by atoms with van der Waals surface area (Å²) in [7, 11) is 0. The van der Waals surface area contributed by atoms with E-state index in [4.69, 9.17) is 0 Å². The number of amides is 2. The molecule has 25 heavy (non-hydrogen) atoms. The Bertz CT molecular complexity index is 872. The van der Waals surface area contributed by atoms with E-state index < -0.39 is 6.04 Å². The first-order valence-electron chi connectivity index (χ1n) is 7.80. The Morgan fingerprint density at radius 3 is 2.80 bits per heavy atom. The highest BCUT2D eigenvalue weighted by atomic mass is 79.9. The van der Waals surface area contributed by atoms with E-state index in [1.54, 1.807) is 19.1 Å². The lowest BCUT2D eigenvalue weighted by atomic mass is 10.3. The molecule has 1 unspecified atom stereocenters. The van der Waals surface area contributed by atoms with Crippen molar-refractivity contribution in [2.45, 2.75) is 19.4 Å². The molecule has 0 aliphatic heterocycles. The van der Waals surface area contributed by atoms with Gasteiger partial charge in [0, 0.05) is 13.0 Å². The van der Waals surface area contributed by atoms with Crippen LogP contribution in [0.5, 0.6) is 0 Å². The highest BCUT2D eigenvalue weighted by Crippen LogP contribution is 2.21. The van der Waals surface area contributed by atoms with E-state index in [1.165, 1.54) is 11.3 Å². The monoisotopic (exact) mass is 420 g/mol. The van der Waals surface area contributed by atoms with Crippen LogP contribution >= 0.6 is 27.3 Å². The quantitative estimate of drug-likeness (QED) is 0.572. The number of carbonyl (C=O) groups excluding carboxylic acids is 2. The topological polar surface area (TPSA) is 86.9 Å². The van der Waals surface area contributed by atoms with Crippen molar-refractivity contribution in [3.8, 4) is 0 Å². The van der Waals surface area contributed by atoms with Gasteiger partial charge in [0.25, 0.3) is 5.91 Å². The number of fused-ring (bicyclic) bond motifs is 1. The van der Waals surface area contributed by atoms with E-state index in [-0.39, 0.29) is 11.8 Å². The number of rotatable bonds is 6. The minimum Gasteiger partial charge on any atom is -0.354 e. The lowest BCUT2D eigenvalue weighted by molar-refractivity contribution is -0.122. The van der Waals surface area contributed by atoms with E-state index >= 15 is 0 Å². The van der Waals surface area contributed by atoms with Gasteiger partial charge in [0.1, 0.15) is 11.9 Å². The zero-order valence-electron chi connectivity index (χ0n) is 13.5. The Kier molecular flexibility index (Phi) is 5.50. The molecule has 2 heterocycles. The molecular weight excluding hydrogens is 404 g/mol. The predicted octanol–water partition coefficient (Wildman–Crippen LogP) is 2.86. The van der Waals surface area contributed by atoms with Gasteiger partial charge in [-0.25, -0.2) is 4.98 Å². The lowest BCUT2D eigenvalue weighted by Crippen LogP contribution is -2.45. The second-order valence-corrected chi connectivity index (χ2v) is 8.00. The fourth-order valence-electron chi connectivity index (χ4n) is 2.35. The summed E-state index contributed by atoms with van der Waals surface area (Å²) >= 11 is 4.64. The summed E-state index contributed by atoms with van der Waals surface area (Å²) < 4.78 is 0.876. The number of hydrogen-bond acceptors (Lipinski definition) is 4. The van der Waals surface area contributed by atoms with Crippen molar-refractivity contribution < 1.29 is 9.59 Å². The van der Waals surface area contributed by atoms with Crippen LogP contribution < -0.4 is 10.6 Å². The number of H-pyrrole nitrogens is 1. The van der Waals surface area contributed by atoms with Crippen molar-refractivity contribution in [1.82, 2.24) is 20.6 Å². The molecule has 1 atom stereocenters. The number of halogens is 1. The summed E-state index contributed by atoms with van der Waals surface area (Å²) in [6, 6.07) is 10.7. The van der Waals surface area contributed by atoms with Crippen molar-refractivity contribution in [3.63, 3.8) is 0 Å². The molecule has 3 aromatic rings. The second-order valence-electron chi connectivity index (χ2n) is 5.54. The molecule has 3 rings (SSSR count). The number of benzene rings is 1. The van der Waals surface area contributed by atoms with Crippen molar-refractivity contribution in [1.29, 1.82) is 0 Å². The highest BCUT2D eigenvalue weighted by Gasteiger charge is 2.17. The van der Waals surface area contributed by atoms with Crippen LogP contribution in [0.4, 0.5) is 0 Å². The third kappa shape index (κ3) is 4.46. The van der Waals surface area contributed by atoms with Gasteiger partial charge in [0.15, 0.2) is 0 Å². The number of carbonyl (C=O) groups is 2. The summed E-state index contributed by atoms with van der Waals surface area (Å²) in [5.74, 6) is 0.345. The number of nitrogens with one attached hydrogen (secondary N) is 3. The van der Waals surface area contributed by atoms with Crippen molar-refractivity contribution in [2.75, 3.05) is 6.54 Å². The largest absolute Gasteiger partial charge is 0.354 e. The minimum absolute atomic E-state index is 0.222. The number of nitrogens with zero attached hydrogens (tertiary/aromatic N) is 1. The van der Waals surface area contributed by atoms with Gasteiger partial charge >= 0.3 is 0 Å². The number of thiophene rings is 1. The fourth-order valence-corrected chi connectivity index (χ4v) is 3.64. The van der Waals surface area contributed by atoms with Crippen LogP contribution in [0.15, 0.2) is 40.2 Å². The van der Waals surface area contributed by atoms with E-state index in [9.17, 15) is 9.59 Å². The van der Waals surface area contributed by atoms with Gasteiger partial charge < -0.3 is 15.6 Å². The number of hydrogen-bond donors (Lipinski definition) is 3. The number of aromatic nitrogens is 2. The van der Waals surface area contributed by atoms with Crippen LogP contribution in [0, 0.1) is 0 Å². The molecule has 0 bridgehead atoms. The Morgan fingerprint density at radius 2 is 2.08 bits per heavy atom. The van der Waals surface area contributed by atoms with Gasteiger partial charge in [-0.3, -0.25) is 9.59 Å². The Morgan fingerprint density at radius 1 is 1.28 bits per heavy atom. The maximum Gasteiger partial charge on any atom is 0.262 e. The molecule has 0 fully saturated rings. The molecule has 0 spiro atoms. The standard InChI is InChI=1S/C17H17BrN4O2S/c1-10(20-17(24)13-6-7-14(18)25-13)16(23)19-9-8-15-21-11-4-2-3-5-12(11)22-15/h2-7,10H,8-9H2,1H3,(H,19,23)(H,20,24)(H,21,22). The van der Waals surface area contributed by atoms with E-state index in [1.807, 2.05) is 24.3 Å². The molecule has 2 aromatic heterocycles. The lowest BCUT2D eigenvalue weighted by Gasteiger charge is -2.13. The first-order valence-corrected chi connectivity index (χ1v) is 9.41. The summed E-state index contributed by atoms with van der Waals surface area (Å²) in [4.78, 5) is 32.4. The molecular formula is C17H17BrN4O2S. The van der Waals surface area contributed by atoms with Crippen LogP contribution in [0.25, 0.3) is 11.0 Å². The second kappa shape index (κ2) is 7.79. The zero-order chi connectivity index (χ0) is 17.8. The van der Waals surface area contributed by atoms with E-state index in [2.05, 4.69) is 36.5 Å². The fraction of sp³-hybridized carbons (Fsp3) is 0.235. The summed E-state index contributed by atoms with van der Waals surface area (Å²) in [6.07, 6.45) is 0.596. The minimum atomic E-state index is -0.607. The molecule has 1 aromatic carbocycles. The maximum absolute atomic E-state index is 12.1. The molecule has 130 valence electrons. The predicted molar refractivity (Wildman–Crippen MR) is 102 cm³/mol. The summed E-state index contributed by atoms with van der Waals surface area (Å²) in [5.41, 5.74) is 1.89. The number of para-hydroxylation sites is 2. The molecule has 0 aliphatic rings. The molecule has 2 amide bonds. The van der Waals surface area contributed by atoms with Crippen molar-refractivity contribution in [3.05, 3.63) is 50.9 Å². The summed E-state index contributed by atoms with van der Waals surface area (Å²) in [5, 5.41) is 5.51. The van der Waals surface area contributed by atoms with Crippen LogP contribution in [0.3, 0.4) is 0 Å².